The van der Waals surface area contributed by atoms with Crippen LogP contribution in [-0.2, 0) is 30.7 Å². The molecule has 1 aromatic heterocycles. The average Bonchev–Trinajstić information content (AvgIpc) is 2.87. The number of anilines is 2. The van der Waals surface area contributed by atoms with E-state index < -0.39 is 5.97 Å². The molecule has 6 nitrogen and oxygen atoms in total. The number of pyridine rings is 1. The smallest absolute Gasteiger partial charge is 0.307 e. The van der Waals surface area contributed by atoms with E-state index in [0.29, 0.717) is 11.5 Å². The molecule has 0 atom stereocenters. The number of carboxylic acids is 1. The van der Waals surface area contributed by atoms with Crippen molar-refractivity contribution < 1.29 is 9.90 Å². The van der Waals surface area contributed by atoms with Crippen molar-refractivity contribution in [2.45, 2.75) is 66.5 Å². The number of hydrogen-bond acceptors (Lipinski definition) is 5. The zero-order chi connectivity index (χ0) is 27.9. The van der Waals surface area contributed by atoms with Crippen molar-refractivity contribution in [3.8, 4) is 11.1 Å². The van der Waals surface area contributed by atoms with Crippen molar-refractivity contribution in [2.75, 3.05) is 30.3 Å². The number of fused-ring (bicyclic) bond motifs is 1. The molecule has 2 aliphatic heterocycles. The van der Waals surface area contributed by atoms with Crippen LogP contribution < -0.4 is 10.6 Å². The van der Waals surface area contributed by atoms with E-state index in [4.69, 9.17) is 17.3 Å². The van der Waals surface area contributed by atoms with Crippen LogP contribution in [0.3, 0.4) is 0 Å². The number of aryl methyl sites for hydroxylation is 2. The van der Waals surface area contributed by atoms with Gasteiger partial charge in [0.25, 0.3) is 0 Å². The highest BCUT2D eigenvalue weighted by Gasteiger charge is 2.31. The fourth-order valence-corrected chi connectivity index (χ4v) is 6.35. The van der Waals surface area contributed by atoms with E-state index in [9.17, 15) is 9.90 Å². The number of aromatic nitrogens is 1. The van der Waals surface area contributed by atoms with Crippen LogP contribution in [0.4, 0.5) is 11.5 Å². The Morgan fingerprint density at radius 2 is 1.82 bits per heavy atom. The van der Waals surface area contributed by atoms with Crippen LogP contribution >= 0.6 is 11.6 Å². The molecule has 3 heterocycles. The van der Waals surface area contributed by atoms with Gasteiger partial charge in [0.05, 0.1) is 12.1 Å². The molecular formula is C32H39ClN4O2. The van der Waals surface area contributed by atoms with Crippen LogP contribution in [0.25, 0.3) is 11.1 Å². The molecular weight excluding hydrogens is 508 g/mol. The van der Waals surface area contributed by atoms with Crippen LogP contribution in [0.1, 0.15) is 60.2 Å². The van der Waals surface area contributed by atoms with Gasteiger partial charge in [-0.1, -0.05) is 55.8 Å². The summed E-state index contributed by atoms with van der Waals surface area (Å²) in [6, 6.07) is 12.7. The van der Waals surface area contributed by atoms with Crippen LogP contribution in [0.5, 0.6) is 0 Å². The lowest BCUT2D eigenvalue weighted by Gasteiger charge is -2.40. The maximum absolute atomic E-state index is 11.9. The van der Waals surface area contributed by atoms with Crippen LogP contribution in [0.2, 0.25) is 5.02 Å². The number of benzene rings is 2. The number of rotatable bonds is 6. The monoisotopic (exact) mass is 546 g/mol. The lowest BCUT2D eigenvalue weighted by atomic mass is 9.82. The summed E-state index contributed by atoms with van der Waals surface area (Å²) in [5.74, 6) is -0.387. The summed E-state index contributed by atoms with van der Waals surface area (Å²) >= 11 is 6.52. The highest BCUT2D eigenvalue weighted by atomic mass is 35.5. The number of hydrogen-bond donors (Lipinski definition) is 2. The molecule has 5 rings (SSSR count). The van der Waals surface area contributed by atoms with E-state index in [1.807, 2.05) is 19.1 Å². The minimum Gasteiger partial charge on any atom is -0.481 e. The summed E-state index contributed by atoms with van der Waals surface area (Å²) < 4.78 is 0. The number of carboxylic acid groups (broad SMARTS) is 1. The Morgan fingerprint density at radius 1 is 1.08 bits per heavy atom. The quantitative estimate of drug-likeness (QED) is 0.371. The molecule has 2 aromatic carbocycles. The average molecular weight is 547 g/mol. The molecule has 0 radical (unpaired) electrons. The molecule has 3 N–H and O–H groups in total. The number of piperidine rings is 1. The number of nitrogen functional groups attached to an aromatic ring is 1. The van der Waals surface area contributed by atoms with Crippen molar-refractivity contribution in [3.63, 3.8) is 0 Å². The first-order chi connectivity index (χ1) is 18.5. The summed E-state index contributed by atoms with van der Waals surface area (Å²) in [6.45, 7) is 13.0. The summed E-state index contributed by atoms with van der Waals surface area (Å²) in [7, 11) is 0. The molecule has 0 spiro atoms. The van der Waals surface area contributed by atoms with Crippen molar-refractivity contribution >= 4 is 29.1 Å². The van der Waals surface area contributed by atoms with E-state index in [0.717, 1.165) is 79.4 Å². The second kappa shape index (κ2) is 10.8. The molecule has 0 saturated carbocycles. The molecule has 7 heteroatoms. The summed E-state index contributed by atoms with van der Waals surface area (Å²) in [5, 5.41) is 10.6. The third-order valence-electron chi connectivity index (χ3n) is 8.59. The van der Waals surface area contributed by atoms with Gasteiger partial charge in [0, 0.05) is 54.6 Å². The van der Waals surface area contributed by atoms with Crippen LogP contribution in [0.15, 0.2) is 36.4 Å². The predicted octanol–water partition coefficient (Wildman–Crippen LogP) is 6.41. The van der Waals surface area contributed by atoms with Gasteiger partial charge >= 0.3 is 5.97 Å². The zero-order valence-electron chi connectivity index (χ0n) is 23.5. The fraction of sp³-hybridized carbons (Fsp3) is 0.438. The van der Waals surface area contributed by atoms with Crippen molar-refractivity contribution in [1.82, 2.24) is 9.88 Å². The van der Waals surface area contributed by atoms with Gasteiger partial charge in [-0.25, -0.2) is 4.98 Å². The van der Waals surface area contributed by atoms with Gasteiger partial charge in [0.15, 0.2) is 0 Å². The van der Waals surface area contributed by atoms with Gasteiger partial charge in [-0.05, 0) is 72.4 Å². The van der Waals surface area contributed by atoms with E-state index >= 15 is 0 Å². The molecule has 206 valence electrons. The first kappa shape index (κ1) is 27.5. The lowest BCUT2D eigenvalue weighted by Crippen LogP contribution is -2.38. The highest BCUT2D eigenvalue weighted by Crippen LogP contribution is 2.43. The van der Waals surface area contributed by atoms with Gasteiger partial charge in [-0.3, -0.25) is 9.69 Å². The van der Waals surface area contributed by atoms with E-state index in [1.165, 1.54) is 22.3 Å². The van der Waals surface area contributed by atoms with Crippen molar-refractivity contribution in [2.24, 2.45) is 5.41 Å². The molecule has 0 unspecified atom stereocenters. The second-order valence-electron chi connectivity index (χ2n) is 12.0. The van der Waals surface area contributed by atoms with Gasteiger partial charge in [0.1, 0.15) is 5.82 Å². The summed E-state index contributed by atoms with van der Waals surface area (Å²) in [6.07, 6.45) is 2.96. The second-order valence-corrected chi connectivity index (χ2v) is 12.4. The van der Waals surface area contributed by atoms with Crippen LogP contribution in [0, 0.1) is 19.3 Å². The third kappa shape index (κ3) is 5.78. The summed E-state index contributed by atoms with van der Waals surface area (Å²) in [4.78, 5) is 21.3. The Bertz CT molecular complexity index is 1390. The predicted molar refractivity (Wildman–Crippen MR) is 159 cm³/mol. The molecule has 0 aliphatic carbocycles. The Hall–Kier alpha value is -3.09. The maximum atomic E-state index is 11.9. The molecule has 39 heavy (non-hydrogen) atoms. The van der Waals surface area contributed by atoms with Gasteiger partial charge < -0.3 is 15.7 Å². The molecule has 0 amide bonds. The Kier molecular flexibility index (Phi) is 7.62. The molecule has 0 bridgehead atoms. The number of halogens is 1. The fourth-order valence-electron chi connectivity index (χ4n) is 6.07. The van der Waals surface area contributed by atoms with Crippen molar-refractivity contribution in [1.29, 1.82) is 0 Å². The lowest BCUT2D eigenvalue weighted by molar-refractivity contribution is -0.136. The Morgan fingerprint density at radius 3 is 2.51 bits per heavy atom. The van der Waals surface area contributed by atoms with Crippen molar-refractivity contribution in [3.05, 3.63) is 74.9 Å². The first-order valence-electron chi connectivity index (χ1n) is 13.9. The van der Waals surface area contributed by atoms with Gasteiger partial charge in [0.2, 0.25) is 0 Å². The molecule has 3 aromatic rings. The highest BCUT2D eigenvalue weighted by molar-refractivity contribution is 6.31. The minimum atomic E-state index is -0.853. The largest absolute Gasteiger partial charge is 0.481 e. The van der Waals surface area contributed by atoms with E-state index in [-0.39, 0.29) is 11.8 Å². The first-order valence-corrected chi connectivity index (χ1v) is 14.2. The van der Waals surface area contributed by atoms with Gasteiger partial charge in [-0.2, -0.15) is 0 Å². The Labute approximate surface area is 236 Å². The molecule has 1 fully saturated rings. The number of carbonyl (C=O) groups is 1. The Balaban J connectivity index is 1.50. The molecule has 2 aliphatic rings. The maximum Gasteiger partial charge on any atom is 0.307 e. The van der Waals surface area contributed by atoms with Gasteiger partial charge in [-0.15, -0.1) is 0 Å². The number of nitrogens with two attached hydrogens (primary N) is 1. The SMILES string of the molecule is Cc1cccc(Cl)c1CN1CCc2cc(-c3c(N)nc(C)c(CC(=O)O)c3N3CCC(C)(C)CC3)ccc2C1. The summed E-state index contributed by atoms with van der Waals surface area (Å²) in [5.41, 5.74) is 16.2. The van der Waals surface area contributed by atoms with E-state index in [1.54, 1.807) is 0 Å². The van der Waals surface area contributed by atoms with Crippen LogP contribution in [-0.4, -0.2) is 40.6 Å². The number of aliphatic carboxylic acids is 1. The normalized spacial score (nSPS) is 17.2. The standard InChI is InChI=1S/C32H39ClN4O2/c1-20-6-5-7-27(33)26(20)19-36-13-10-22-16-23(8-9-24(22)18-36)29-30(37-14-11-32(3,4)12-15-37)25(17-28(38)39)21(2)35-31(29)34/h5-9,16H,10-15,17-19H2,1-4H3,(H2,34,35)(H,38,39). The topological polar surface area (TPSA) is 82.7 Å². The number of nitrogens with zero attached hydrogens (tertiary/aromatic N) is 3. The van der Waals surface area contributed by atoms with E-state index in [2.05, 4.69) is 59.8 Å². The third-order valence-corrected chi connectivity index (χ3v) is 8.94. The zero-order valence-corrected chi connectivity index (χ0v) is 24.2. The molecule has 1 saturated heterocycles. The minimum absolute atomic E-state index is 0.0668.